The third kappa shape index (κ3) is 3.61. The first-order chi connectivity index (χ1) is 11.4. The maximum absolute atomic E-state index is 12.2. The molecule has 5 heteroatoms. The molecule has 1 saturated carbocycles. The van der Waals surface area contributed by atoms with Gasteiger partial charge >= 0.3 is 0 Å². The molecule has 130 valence electrons. The second kappa shape index (κ2) is 6.55. The molecule has 0 unspecified atom stereocenters. The number of rotatable bonds is 6. The summed E-state index contributed by atoms with van der Waals surface area (Å²) in [5.74, 6) is 1.46. The molecule has 0 spiro atoms. The van der Waals surface area contributed by atoms with Crippen molar-refractivity contribution in [3.8, 4) is 5.75 Å². The molecule has 1 aromatic carbocycles. The van der Waals surface area contributed by atoms with E-state index in [1.165, 1.54) is 6.20 Å². The molecule has 1 aliphatic rings. The first-order valence-corrected chi connectivity index (χ1v) is 8.72. The van der Waals surface area contributed by atoms with Crippen LogP contribution in [0, 0.1) is 5.92 Å². The first kappa shape index (κ1) is 17.0. The summed E-state index contributed by atoms with van der Waals surface area (Å²) in [7, 11) is 0. The monoisotopic (exact) mass is 330 g/mol. The minimum absolute atomic E-state index is 0.0378. The van der Waals surface area contributed by atoms with Gasteiger partial charge in [0, 0.05) is 12.1 Å². The van der Waals surface area contributed by atoms with Crippen molar-refractivity contribution in [3.63, 3.8) is 0 Å². The summed E-state index contributed by atoms with van der Waals surface area (Å²) in [5.41, 5.74) is 0.771. The summed E-state index contributed by atoms with van der Waals surface area (Å²) >= 11 is 0. The molecular formula is C19H26N2O3. The molecule has 2 aromatic rings. The lowest BCUT2D eigenvalue weighted by Crippen LogP contribution is -2.45. The molecule has 1 fully saturated rings. The summed E-state index contributed by atoms with van der Waals surface area (Å²) in [6.45, 7) is 6.91. The van der Waals surface area contributed by atoms with Crippen LogP contribution in [0.25, 0.3) is 11.0 Å². The summed E-state index contributed by atoms with van der Waals surface area (Å²) < 4.78 is 7.55. The molecule has 3 rings (SSSR count). The molecule has 0 bridgehead atoms. The predicted octanol–water partition coefficient (Wildman–Crippen LogP) is 3.30. The Kier molecular flexibility index (Phi) is 4.63. The SMILES string of the molecule is CC(C)CCCOc1ccc2c(c1)ncc(=O)n2C1CC(C)(O)C1. The highest BCUT2D eigenvalue weighted by Crippen LogP contribution is 2.41. The van der Waals surface area contributed by atoms with Crippen molar-refractivity contribution in [2.24, 2.45) is 5.92 Å². The van der Waals surface area contributed by atoms with E-state index in [4.69, 9.17) is 4.74 Å². The lowest BCUT2D eigenvalue weighted by atomic mass is 9.77. The number of hydrogen-bond acceptors (Lipinski definition) is 4. The van der Waals surface area contributed by atoms with Gasteiger partial charge in [-0.15, -0.1) is 0 Å². The van der Waals surface area contributed by atoms with Gasteiger partial charge in [0.1, 0.15) is 5.75 Å². The number of fused-ring (bicyclic) bond motifs is 1. The van der Waals surface area contributed by atoms with Gasteiger partial charge in [0.15, 0.2) is 0 Å². The van der Waals surface area contributed by atoms with Crippen molar-refractivity contribution in [2.75, 3.05) is 6.61 Å². The summed E-state index contributed by atoms with van der Waals surface area (Å²) in [6.07, 6.45) is 4.73. The normalized spacial score (nSPS) is 23.5. The third-order valence-corrected chi connectivity index (χ3v) is 4.67. The highest BCUT2D eigenvalue weighted by molar-refractivity contribution is 5.76. The number of ether oxygens (including phenoxy) is 1. The fourth-order valence-corrected chi connectivity index (χ4v) is 3.40. The van der Waals surface area contributed by atoms with Gasteiger partial charge in [-0.2, -0.15) is 0 Å². The highest BCUT2D eigenvalue weighted by Gasteiger charge is 2.40. The van der Waals surface area contributed by atoms with E-state index in [-0.39, 0.29) is 11.6 Å². The van der Waals surface area contributed by atoms with E-state index in [9.17, 15) is 9.90 Å². The van der Waals surface area contributed by atoms with E-state index in [0.717, 1.165) is 29.6 Å². The quantitative estimate of drug-likeness (QED) is 0.826. The third-order valence-electron chi connectivity index (χ3n) is 4.67. The van der Waals surface area contributed by atoms with Crippen LogP contribution in [-0.2, 0) is 0 Å². The molecule has 1 aromatic heterocycles. The smallest absolute Gasteiger partial charge is 0.269 e. The van der Waals surface area contributed by atoms with Gasteiger partial charge < -0.3 is 14.4 Å². The molecule has 1 heterocycles. The van der Waals surface area contributed by atoms with Crippen LogP contribution in [-0.4, -0.2) is 26.9 Å². The Labute approximate surface area is 142 Å². The van der Waals surface area contributed by atoms with Gasteiger partial charge in [0.2, 0.25) is 0 Å². The second-order valence-corrected chi connectivity index (χ2v) is 7.56. The minimum atomic E-state index is -0.667. The molecule has 1 N–H and O–H groups in total. The zero-order valence-electron chi connectivity index (χ0n) is 14.7. The lowest BCUT2D eigenvalue weighted by molar-refractivity contribution is -0.0506. The van der Waals surface area contributed by atoms with Crippen molar-refractivity contribution in [3.05, 3.63) is 34.7 Å². The van der Waals surface area contributed by atoms with Crippen molar-refractivity contribution in [1.29, 1.82) is 0 Å². The number of nitrogens with zero attached hydrogens (tertiary/aromatic N) is 2. The Hall–Kier alpha value is -1.88. The Morgan fingerprint density at radius 3 is 2.83 bits per heavy atom. The van der Waals surface area contributed by atoms with E-state index < -0.39 is 5.60 Å². The summed E-state index contributed by atoms with van der Waals surface area (Å²) in [4.78, 5) is 16.5. The molecule has 24 heavy (non-hydrogen) atoms. The second-order valence-electron chi connectivity index (χ2n) is 7.56. The van der Waals surface area contributed by atoms with Crippen LogP contribution in [0.4, 0.5) is 0 Å². The maximum Gasteiger partial charge on any atom is 0.269 e. The fourth-order valence-electron chi connectivity index (χ4n) is 3.40. The molecule has 0 radical (unpaired) electrons. The molecule has 0 atom stereocenters. The number of aliphatic hydroxyl groups is 1. The van der Waals surface area contributed by atoms with E-state index in [0.29, 0.717) is 25.4 Å². The zero-order valence-corrected chi connectivity index (χ0v) is 14.7. The largest absolute Gasteiger partial charge is 0.494 e. The molecule has 1 aliphatic carbocycles. The standard InChI is InChI=1S/C19H26N2O3/c1-13(2)5-4-8-24-15-6-7-17-16(9-15)20-12-18(22)21(17)14-10-19(3,23)11-14/h6-7,9,12-14,23H,4-5,8,10-11H2,1-3H3. The van der Waals surface area contributed by atoms with Crippen molar-refractivity contribution < 1.29 is 9.84 Å². The number of aromatic nitrogens is 2. The summed E-state index contributed by atoms with van der Waals surface area (Å²) in [5, 5.41) is 9.96. The molecular weight excluding hydrogens is 304 g/mol. The fraction of sp³-hybridized carbons (Fsp3) is 0.579. The van der Waals surface area contributed by atoms with E-state index in [2.05, 4.69) is 18.8 Å². The zero-order chi connectivity index (χ0) is 17.3. The van der Waals surface area contributed by atoms with Gasteiger partial charge in [-0.3, -0.25) is 4.79 Å². The number of hydrogen-bond donors (Lipinski definition) is 1. The van der Waals surface area contributed by atoms with E-state index in [1.54, 1.807) is 11.5 Å². The van der Waals surface area contributed by atoms with Crippen LogP contribution in [0.2, 0.25) is 0 Å². The Bertz CT molecular complexity index is 772. The van der Waals surface area contributed by atoms with Gasteiger partial charge in [-0.05, 0) is 50.7 Å². The Balaban J connectivity index is 1.79. The predicted molar refractivity (Wildman–Crippen MR) is 94.5 cm³/mol. The molecule has 0 aliphatic heterocycles. The van der Waals surface area contributed by atoms with Crippen LogP contribution in [0.15, 0.2) is 29.2 Å². The van der Waals surface area contributed by atoms with Gasteiger partial charge in [-0.1, -0.05) is 13.8 Å². The van der Waals surface area contributed by atoms with Crippen molar-refractivity contribution in [1.82, 2.24) is 9.55 Å². The topological polar surface area (TPSA) is 64.3 Å². The Morgan fingerprint density at radius 2 is 2.17 bits per heavy atom. The average Bonchev–Trinajstić information content (AvgIpc) is 2.49. The van der Waals surface area contributed by atoms with Crippen LogP contribution >= 0.6 is 0 Å². The lowest BCUT2D eigenvalue weighted by Gasteiger charge is -2.42. The van der Waals surface area contributed by atoms with Gasteiger partial charge in [0.05, 0.1) is 29.4 Å². The molecule has 0 saturated heterocycles. The molecule has 5 nitrogen and oxygen atoms in total. The van der Waals surface area contributed by atoms with Crippen LogP contribution in [0.5, 0.6) is 5.75 Å². The van der Waals surface area contributed by atoms with Crippen molar-refractivity contribution >= 4 is 11.0 Å². The van der Waals surface area contributed by atoms with Crippen LogP contribution in [0.3, 0.4) is 0 Å². The van der Waals surface area contributed by atoms with E-state index >= 15 is 0 Å². The van der Waals surface area contributed by atoms with Crippen LogP contribution < -0.4 is 10.3 Å². The highest BCUT2D eigenvalue weighted by atomic mass is 16.5. The minimum Gasteiger partial charge on any atom is -0.494 e. The van der Waals surface area contributed by atoms with Gasteiger partial charge in [0.25, 0.3) is 5.56 Å². The molecule has 0 amide bonds. The van der Waals surface area contributed by atoms with Gasteiger partial charge in [-0.25, -0.2) is 4.98 Å². The average molecular weight is 330 g/mol. The van der Waals surface area contributed by atoms with Crippen molar-refractivity contribution in [2.45, 2.75) is 58.1 Å². The van der Waals surface area contributed by atoms with Crippen LogP contribution in [0.1, 0.15) is 52.5 Å². The first-order valence-electron chi connectivity index (χ1n) is 8.72. The summed E-state index contributed by atoms with van der Waals surface area (Å²) in [6, 6.07) is 5.72. The maximum atomic E-state index is 12.2. The Morgan fingerprint density at radius 1 is 1.42 bits per heavy atom. The van der Waals surface area contributed by atoms with E-state index in [1.807, 2.05) is 18.2 Å². The number of benzene rings is 1.